The number of H-pyrrole nitrogens is 1. The molecule has 0 bridgehead atoms. The largest absolute Gasteiger partial charge is 0.461 e. The van der Waals surface area contributed by atoms with Crippen LogP contribution in [0.2, 0.25) is 0 Å². The average Bonchev–Trinajstić information content (AvgIpc) is 2.57. The number of hydrogen-bond donors (Lipinski definition) is 2. The summed E-state index contributed by atoms with van der Waals surface area (Å²) < 4.78 is 4.94. The van der Waals surface area contributed by atoms with Gasteiger partial charge in [-0.15, -0.1) is 0 Å². The molecule has 0 unspecified atom stereocenters. The summed E-state index contributed by atoms with van der Waals surface area (Å²) in [7, 11) is 0. The van der Waals surface area contributed by atoms with Crippen molar-refractivity contribution in [2.75, 3.05) is 12.3 Å². The maximum atomic E-state index is 11.5. The second-order valence-electron chi connectivity index (χ2n) is 3.80. The summed E-state index contributed by atoms with van der Waals surface area (Å²) >= 11 is 0. The molecule has 1 heterocycles. The van der Waals surface area contributed by atoms with E-state index < -0.39 is 0 Å². The molecule has 1 aromatic rings. The molecule has 4 heteroatoms. The van der Waals surface area contributed by atoms with Crippen LogP contribution in [0.3, 0.4) is 0 Å². The zero-order valence-electron chi connectivity index (χ0n) is 8.93. The number of carbonyl (C=O) groups is 1. The summed E-state index contributed by atoms with van der Waals surface area (Å²) in [6, 6.07) is 0. The zero-order chi connectivity index (χ0) is 10.8. The van der Waals surface area contributed by atoms with Gasteiger partial charge in [0.05, 0.1) is 12.3 Å². The Morgan fingerprint density at radius 1 is 1.47 bits per heavy atom. The van der Waals surface area contributed by atoms with Crippen molar-refractivity contribution in [3.63, 3.8) is 0 Å². The molecule has 82 valence electrons. The van der Waals surface area contributed by atoms with Crippen LogP contribution in [0, 0.1) is 0 Å². The van der Waals surface area contributed by atoms with Gasteiger partial charge in [-0.2, -0.15) is 0 Å². The Morgan fingerprint density at radius 2 is 2.20 bits per heavy atom. The monoisotopic (exact) mass is 208 g/mol. The average molecular weight is 208 g/mol. The van der Waals surface area contributed by atoms with E-state index in [1.165, 1.54) is 0 Å². The predicted octanol–water partition coefficient (Wildman–Crippen LogP) is 1.65. The van der Waals surface area contributed by atoms with Gasteiger partial charge in [0.25, 0.3) is 0 Å². The lowest BCUT2D eigenvalue weighted by Crippen LogP contribution is -2.07. The van der Waals surface area contributed by atoms with Crippen molar-refractivity contribution in [2.24, 2.45) is 0 Å². The summed E-state index contributed by atoms with van der Waals surface area (Å²) in [6.07, 6.45) is 4.27. The first-order valence-corrected chi connectivity index (χ1v) is 5.40. The van der Waals surface area contributed by atoms with Gasteiger partial charge >= 0.3 is 5.97 Å². The number of nitrogens with one attached hydrogen (secondary N) is 1. The number of carbonyl (C=O) groups excluding carboxylic acids is 1. The van der Waals surface area contributed by atoms with E-state index in [4.69, 9.17) is 10.5 Å². The molecule has 0 atom stereocenters. The van der Waals surface area contributed by atoms with Crippen LogP contribution < -0.4 is 5.73 Å². The molecule has 0 aromatic carbocycles. The summed E-state index contributed by atoms with van der Waals surface area (Å²) in [5, 5.41) is 0. The van der Waals surface area contributed by atoms with Gasteiger partial charge < -0.3 is 15.5 Å². The number of rotatable bonds is 2. The van der Waals surface area contributed by atoms with E-state index in [0.717, 1.165) is 36.9 Å². The SMILES string of the molecule is CCOC(=O)c1[nH]c2c(c1N)CCCC2. The number of aromatic nitrogens is 1. The minimum absolute atomic E-state index is 0.343. The Labute approximate surface area is 88.8 Å². The molecule has 0 aliphatic heterocycles. The number of esters is 1. The van der Waals surface area contributed by atoms with Crippen LogP contribution in [0.25, 0.3) is 0 Å². The highest BCUT2D eigenvalue weighted by atomic mass is 16.5. The van der Waals surface area contributed by atoms with E-state index in [1.54, 1.807) is 6.92 Å². The standard InChI is InChI=1S/C11H16N2O2/c1-2-15-11(14)10-9(12)7-5-3-4-6-8(7)13-10/h13H,2-6,12H2,1H3. The predicted molar refractivity (Wildman–Crippen MR) is 57.8 cm³/mol. The maximum Gasteiger partial charge on any atom is 0.356 e. The lowest BCUT2D eigenvalue weighted by Gasteiger charge is -2.10. The van der Waals surface area contributed by atoms with Crippen LogP contribution >= 0.6 is 0 Å². The molecule has 0 spiro atoms. The number of aryl methyl sites for hydroxylation is 1. The molecule has 2 rings (SSSR count). The molecular weight excluding hydrogens is 192 g/mol. The van der Waals surface area contributed by atoms with Crippen molar-refractivity contribution >= 4 is 11.7 Å². The fraction of sp³-hybridized carbons (Fsp3) is 0.545. The van der Waals surface area contributed by atoms with E-state index in [0.29, 0.717) is 18.0 Å². The Balaban J connectivity index is 2.32. The van der Waals surface area contributed by atoms with Crippen LogP contribution in [0.4, 0.5) is 5.69 Å². The third kappa shape index (κ3) is 1.71. The first-order chi connectivity index (χ1) is 7.24. The van der Waals surface area contributed by atoms with E-state index in [2.05, 4.69) is 4.98 Å². The summed E-state index contributed by atoms with van der Waals surface area (Å²) in [4.78, 5) is 14.6. The van der Waals surface area contributed by atoms with Crippen LogP contribution in [0.1, 0.15) is 41.5 Å². The number of anilines is 1. The van der Waals surface area contributed by atoms with Gasteiger partial charge in [-0.05, 0) is 38.2 Å². The fourth-order valence-electron chi connectivity index (χ4n) is 2.07. The van der Waals surface area contributed by atoms with Crippen LogP contribution in [0.5, 0.6) is 0 Å². The molecule has 3 N–H and O–H groups in total. The van der Waals surface area contributed by atoms with Crippen molar-refractivity contribution in [3.05, 3.63) is 17.0 Å². The lowest BCUT2D eigenvalue weighted by molar-refractivity contribution is 0.0521. The van der Waals surface area contributed by atoms with Gasteiger partial charge in [-0.25, -0.2) is 4.79 Å². The maximum absolute atomic E-state index is 11.5. The molecule has 15 heavy (non-hydrogen) atoms. The second-order valence-corrected chi connectivity index (χ2v) is 3.80. The van der Waals surface area contributed by atoms with Crippen molar-refractivity contribution < 1.29 is 9.53 Å². The number of aromatic amines is 1. The van der Waals surface area contributed by atoms with Gasteiger partial charge in [0.2, 0.25) is 0 Å². The van der Waals surface area contributed by atoms with E-state index in [-0.39, 0.29) is 5.97 Å². The van der Waals surface area contributed by atoms with E-state index in [9.17, 15) is 4.79 Å². The Bertz CT molecular complexity index is 382. The smallest absolute Gasteiger partial charge is 0.356 e. The quantitative estimate of drug-likeness (QED) is 0.726. The van der Waals surface area contributed by atoms with Gasteiger partial charge in [-0.3, -0.25) is 0 Å². The number of fused-ring (bicyclic) bond motifs is 1. The first kappa shape index (κ1) is 10.1. The number of nitrogen functional groups attached to an aromatic ring is 1. The zero-order valence-corrected chi connectivity index (χ0v) is 8.93. The number of nitrogens with two attached hydrogens (primary N) is 1. The van der Waals surface area contributed by atoms with Crippen molar-refractivity contribution in [1.29, 1.82) is 0 Å². The van der Waals surface area contributed by atoms with E-state index >= 15 is 0 Å². The fourth-order valence-corrected chi connectivity index (χ4v) is 2.07. The summed E-state index contributed by atoms with van der Waals surface area (Å²) in [5.74, 6) is -0.343. The molecule has 1 aromatic heterocycles. The van der Waals surface area contributed by atoms with Crippen molar-refractivity contribution in [2.45, 2.75) is 32.6 Å². The number of ether oxygens (including phenoxy) is 1. The highest BCUT2D eigenvalue weighted by Crippen LogP contribution is 2.29. The molecule has 4 nitrogen and oxygen atoms in total. The third-order valence-electron chi connectivity index (χ3n) is 2.82. The molecule has 0 fully saturated rings. The molecule has 0 saturated carbocycles. The lowest BCUT2D eigenvalue weighted by atomic mass is 9.97. The Hall–Kier alpha value is -1.45. The molecular formula is C11H16N2O2. The minimum Gasteiger partial charge on any atom is -0.461 e. The highest BCUT2D eigenvalue weighted by molar-refractivity contribution is 5.94. The van der Waals surface area contributed by atoms with Gasteiger partial charge in [0.15, 0.2) is 0 Å². The van der Waals surface area contributed by atoms with Crippen LogP contribution in [0.15, 0.2) is 0 Å². The molecule has 0 saturated heterocycles. The molecule has 1 aliphatic rings. The molecule has 0 amide bonds. The topological polar surface area (TPSA) is 68.1 Å². The van der Waals surface area contributed by atoms with Gasteiger partial charge in [0, 0.05) is 5.69 Å². The van der Waals surface area contributed by atoms with Crippen molar-refractivity contribution in [3.8, 4) is 0 Å². The third-order valence-corrected chi connectivity index (χ3v) is 2.82. The van der Waals surface area contributed by atoms with Gasteiger partial charge in [-0.1, -0.05) is 0 Å². The van der Waals surface area contributed by atoms with Crippen LogP contribution in [-0.2, 0) is 17.6 Å². The molecule has 0 radical (unpaired) electrons. The Kier molecular flexibility index (Phi) is 2.66. The van der Waals surface area contributed by atoms with E-state index in [1.807, 2.05) is 0 Å². The second kappa shape index (κ2) is 3.96. The first-order valence-electron chi connectivity index (χ1n) is 5.40. The minimum atomic E-state index is -0.343. The Morgan fingerprint density at radius 3 is 2.87 bits per heavy atom. The highest BCUT2D eigenvalue weighted by Gasteiger charge is 2.22. The normalized spacial score (nSPS) is 14.7. The number of hydrogen-bond acceptors (Lipinski definition) is 3. The van der Waals surface area contributed by atoms with Crippen molar-refractivity contribution in [1.82, 2.24) is 4.98 Å². The van der Waals surface area contributed by atoms with Gasteiger partial charge in [0.1, 0.15) is 5.69 Å². The molecule has 1 aliphatic carbocycles. The van der Waals surface area contributed by atoms with Crippen LogP contribution in [-0.4, -0.2) is 17.6 Å². The summed E-state index contributed by atoms with van der Waals surface area (Å²) in [5.41, 5.74) is 9.17. The summed E-state index contributed by atoms with van der Waals surface area (Å²) in [6.45, 7) is 2.17.